The summed E-state index contributed by atoms with van der Waals surface area (Å²) in [6, 6.07) is 0. The molecule has 3 rings (SSSR count). The van der Waals surface area contributed by atoms with Crippen LogP contribution in [0.4, 0.5) is 0 Å². The van der Waals surface area contributed by atoms with E-state index in [0.29, 0.717) is 30.6 Å². The van der Waals surface area contributed by atoms with Gasteiger partial charge in [0.2, 0.25) is 0 Å². The van der Waals surface area contributed by atoms with Crippen LogP contribution in [-0.4, -0.2) is 18.9 Å². The molecule has 0 unspecified atom stereocenters. The van der Waals surface area contributed by atoms with Crippen molar-refractivity contribution in [2.24, 2.45) is 23.7 Å². The van der Waals surface area contributed by atoms with Gasteiger partial charge in [-0.3, -0.25) is 9.59 Å². The lowest BCUT2D eigenvalue weighted by atomic mass is 9.85. The summed E-state index contributed by atoms with van der Waals surface area (Å²) in [7, 11) is 1.38. The van der Waals surface area contributed by atoms with Crippen molar-refractivity contribution < 1.29 is 14.3 Å². The summed E-state index contributed by atoms with van der Waals surface area (Å²) in [6.45, 7) is 0. The fraction of sp³-hybridized carbons (Fsp3) is 0.571. The minimum absolute atomic E-state index is 0.178. The Bertz CT molecular complexity index is 433. The summed E-state index contributed by atoms with van der Waals surface area (Å²) >= 11 is 0. The van der Waals surface area contributed by atoms with Crippen molar-refractivity contribution in [3.05, 3.63) is 23.8 Å². The number of fused-ring (bicyclic) bond motifs is 5. The lowest BCUT2D eigenvalue weighted by Gasteiger charge is -2.17. The monoisotopic (exact) mass is 232 g/mol. The molecular weight excluding hydrogens is 216 g/mol. The molecule has 2 bridgehead atoms. The number of carbonyl (C=O) groups excluding carboxylic acids is 2. The highest BCUT2D eigenvalue weighted by Gasteiger charge is 2.50. The van der Waals surface area contributed by atoms with E-state index in [1.54, 1.807) is 0 Å². The van der Waals surface area contributed by atoms with Crippen LogP contribution in [0.2, 0.25) is 0 Å². The van der Waals surface area contributed by atoms with E-state index in [9.17, 15) is 9.59 Å². The standard InChI is InChI=1S/C14H16O3/c1-17-12(15)5-4-10-7-11-8-2-3-9(6-8)13(11)14(10)16/h2-3,7-9,11,13H,4-6H2,1H3/t8-,9+,11-,13+/m0/s1. The molecule has 0 saturated heterocycles. The van der Waals surface area contributed by atoms with Crippen molar-refractivity contribution >= 4 is 11.8 Å². The van der Waals surface area contributed by atoms with E-state index >= 15 is 0 Å². The number of rotatable bonds is 3. The normalized spacial score (nSPS) is 37.2. The number of methoxy groups -OCH3 is 1. The zero-order valence-corrected chi connectivity index (χ0v) is 9.89. The molecule has 0 aromatic carbocycles. The van der Waals surface area contributed by atoms with E-state index in [2.05, 4.69) is 23.0 Å². The molecule has 0 aromatic heterocycles. The largest absolute Gasteiger partial charge is 0.469 e. The van der Waals surface area contributed by atoms with Crippen LogP contribution in [0.15, 0.2) is 23.8 Å². The molecular formula is C14H16O3. The van der Waals surface area contributed by atoms with Crippen molar-refractivity contribution in [3.63, 3.8) is 0 Å². The molecule has 17 heavy (non-hydrogen) atoms. The molecule has 1 fully saturated rings. The topological polar surface area (TPSA) is 43.4 Å². The second kappa shape index (κ2) is 3.83. The van der Waals surface area contributed by atoms with E-state index in [4.69, 9.17) is 0 Å². The van der Waals surface area contributed by atoms with Crippen LogP contribution in [0.1, 0.15) is 19.3 Å². The van der Waals surface area contributed by atoms with Gasteiger partial charge in [0.05, 0.1) is 7.11 Å². The Kier molecular flexibility index (Phi) is 2.42. The maximum Gasteiger partial charge on any atom is 0.305 e. The van der Waals surface area contributed by atoms with Gasteiger partial charge < -0.3 is 4.74 Å². The minimum Gasteiger partial charge on any atom is -0.469 e. The summed E-state index contributed by atoms with van der Waals surface area (Å²) in [5, 5.41) is 0. The molecule has 3 aliphatic carbocycles. The molecule has 0 aromatic rings. The maximum absolute atomic E-state index is 12.2. The van der Waals surface area contributed by atoms with Crippen molar-refractivity contribution in [1.29, 1.82) is 0 Å². The van der Waals surface area contributed by atoms with Crippen LogP contribution in [-0.2, 0) is 14.3 Å². The Morgan fingerprint density at radius 3 is 2.88 bits per heavy atom. The number of carbonyl (C=O) groups is 2. The van der Waals surface area contributed by atoms with Crippen molar-refractivity contribution in [1.82, 2.24) is 0 Å². The van der Waals surface area contributed by atoms with E-state index in [0.717, 1.165) is 12.0 Å². The first kappa shape index (κ1) is 10.8. The molecule has 4 atom stereocenters. The van der Waals surface area contributed by atoms with Crippen LogP contribution in [0.3, 0.4) is 0 Å². The quantitative estimate of drug-likeness (QED) is 0.551. The third-order valence-corrected chi connectivity index (χ3v) is 4.36. The second-order valence-electron chi connectivity index (χ2n) is 5.18. The molecule has 0 aliphatic heterocycles. The predicted octanol–water partition coefficient (Wildman–Crippen LogP) is 1.89. The van der Waals surface area contributed by atoms with Crippen molar-refractivity contribution in [2.75, 3.05) is 7.11 Å². The fourth-order valence-corrected chi connectivity index (χ4v) is 3.53. The van der Waals surface area contributed by atoms with Gasteiger partial charge in [-0.1, -0.05) is 18.2 Å². The van der Waals surface area contributed by atoms with Gasteiger partial charge in [0.25, 0.3) is 0 Å². The third-order valence-electron chi connectivity index (χ3n) is 4.36. The van der Waals surface area contributed by atoms with E-state index < -0.39 is 0 Å². The van der Waals surface area contributed by atoms with Crippen molar-refractivity contribution in [2.45, 2.75) is 19.3 Å². The molecule has 1 saturated carbocycles. The van der Waals surface area contributed by atoms with Crippen molar-refractivity contribution in [3.8, 4) is 0 Å². The van der Waals surface area contributed by atoms with Gasteiger partial charge in [0, 0.05) is 12.3 Å². The van der Waals surface area contributed by atoms with Crippen LogP contribution >= 0.6 is 0 Å². The highest BCUT2D eigenvalue weighted by atomic mass is 16.5. The van der Waals surface area contributed by atoms with Gasteiger partial charge >= 0.3 is 5.97 Å². The second-order valence-corrected chi connectivity index (χ2v) is 5.18. The number of esters is 1. The Morgan fingerprint density at radius 1 is 1.41 bits per heavy atom. The first-order chi connectivity index (χ1) is 8.20. The first-order valence-electron chi connectivity index (χ1n) is 6.20. The van der Waals surface area contributed by atoms with Gasteiger partial charge in [-0.2, -0.15) is 0 Å². The highest BCUT2D eigenvalue weighted by Crippen LogP contribution is 2.53. The average molecular weight is 232 g/mol. The molecule has 3 heteroatoms. The number of allylic oxidation sites excluding steroid dienone is 4. The van der Waals surface area contributed by atoms with Gasteiger partial charge in [-0.25, -0.2) is 0 Å². The summed E-state index contributed by atoms with van der Waals surface area (Å²) < 4.78 is 4.60. The first-order valence-corrected chi connectivity index (χ1v) is 6.20. The minimum atomic E-state index is -0.239. The molecule has 3 aliphatic rings. The Morgan fingerprint density at radius 2 is 2.18 bits per heavy atom. The smallest absolute Gasteiger partial charge is 0.305 e. The van der Waals surface area contributed by atoms with E-state index in [-0.39, 0.29) is 17.7 Å². The van der Waals surface area contributed by atoms with Crippen LogP contribution in [0.5, 0.6) is 0 Å². The summed E-state index contributed by atoms with van der Waals surface area (Å²) in [6.07, 6.45) is 8.56. The lowest BCUT2D eigenvalue weighted by molar-refractivity contribution is -0.140. The van der Waals surface area contributed by atoms with Gasteiger partial charge in [-0.15, -0.1) is 0 Å². The zero-order valence-electron chi connectivity index (χ0n) is 9.89. The number of hydrogen-bond acceptors (Lipinski definition) is 3. The number of ether oxygens (including phenoxy) is 1. The SMILES string of the molecule is COC(=O)CCC1=C[C@@H]2[C@H](C1=O)[C@@H]1C=C[C@H]2C1. The van der Waals surface area contributed by atoms with Crippen LogP contribution in [0.25, 0.3) is 0 Å². The molecule has 90 valence electrons. The molecule has 3 nitrogen and oxygen atoms in total. The van der Waals surface area contributed by atoms with Gasteiger partial charge in [-0.05, 0) is 36.2 Å². The average Bonchev–Trinajstić information content (AvgIpc) is 2.99. The summed E-state index contributed by atoms with van der Waals surface area (Å²) in [5.74, 6) is 1.63. The lowest BCUT2D eigenvalue weighted by Crippen LogP contribution is -2.21. The van der Waals surface area contributed by atoms with Gasteiger partial charge in [0.1, 0.15) is 0 Å². The zero-order chi connectivity index (χ0) is 12.0. The molecule has 0 amide bonds. The predicted molar refractivity (Wildman–Crippen MR) is 62.1 cm³/mol. The molecule has 0 heterocycles. The summed E-state index contributed by atoms with van der Waals surface area (Å²) in [4.78, 5) is 23.3. The fourth-order valence-electron chi connectivity index (χ4n) is 3.53. The third kappa shape index (κ3) is 1.56. The highest BCUT2D eigenvalue weighted by molar-refractivity contribution is 6.01. The van der Waals surface area contributed by atoms with E-state index in [1.807, 2.05) is 0 Å². The number of Topliss-reactive ketones (excluding diaryl/α,β-unsaturated/α-hetero) is 1. The number of ketones is 1. The van der Waals surface area contributed by atoms with Gasteiger partial charge in [0.15, 0.2) is 5.78 Å². The molecule has 0 spiro atoms. The Hall–Kier alpha value is -1.38. The molecule has 0 N–H and O–H groups in total. The number of hydrogen-bond donors (Lipinski definition) is 0. The van der Waals surface area contributed by atoms with E-state index in [1.165, 1.54) is 7.11 Å². The maximum atomic E-state index is 12.2. The Balaban J connectivity index is 1.70. The molecule has 0 radical (unpaired) electrons. The summed E-state index contributed by atoms with van der Waals surface area (Å²) in [5.41, 5.74) is 0.851. The van der Waals surface area contributed by atoms with Crippen LogP contribution in [0, 0.1) is 23.7 Å². The Labute approximate surface area is 101 Å². The van der Waals surface area contributed by atoms with Crippen LogP contribution < -0.4 is 0 Å².